The van der Waals surface area contributed by atoms with E-state index in [1.807, 2.05) is 26.8 Å². The number of amides is 1. The van der Waals surface area contributed by atoms with Gasteiger partial charge in [0.2, 0.25) is 0 Å². The number of nitriles is 1. The summed E-state index contributed by atoms with van der Waals surface area (Å²) in [6, 6.07) is 6.33. The van der Waals surface area contributed by atoms with Crippen LogP contribution in [0, 0.1) is 30.0 Å². The van der Waals surface area contributed by atoms with Crippen LogP contribution in [0.4, 0.5) is 10.1 Å². The third-order valence-electron chi connectivity index (χ3n) is 6.31. The van der Waals surface area contributed by atoms with E-state index in [1.54, 1.807) is 12.3 Å². The van der Waals surface area contributed by atoms with E-state index >= 15 is 0 Å². The molecule has 1 aliphatic carbocycles. The zero-order valence-electron chi connectivity index (χ0n) is 18.2. The van der Waals surface area contributed by atoms with Crippen molar-refractivity contribution < 1.29 is 9.18 Å². The number of carbonyl (C=O) groups is 1. The van der Waals surface area contributed by atoms with E-state index in [4.69, 9.17) is 5.73 Å². The molecule has 2 atom stereocenters. The molecule has 31 heavy (non-hydrogen) atoms. The summed E-state index contributed by atoms with van der Waals surface area (Å²) in [5.74, 6) is -0.168. The SMILES string of the molecule is Cc1ncc(C(=O)N[C@@H](C)C2CC2)c(N2CC[C@](C)(N)C2)c1-c1cc(F)cc(C#N)c1. The lowest BCUT2D eigenvalue weighted by Crippen LogP contribution is -2.40. The Morgan fingerprint density at radius 2 is 2.16 bits per heavy atom. The summed E-state index contributed by atoms with van der Waals surface area (Å²) in [7, 11) is 0. The van der Waals surface area contributed by atoms with Crippen LogP contribution in [-0.4, -0.2) is 35.6 Å². The second kappa shape index (κ2) is 7.93. The number of benzene rings is 1. The van der Waals surface area contributed by atoms with Gasteiger partial charge in [-0.25, -0.2) is 4.39 Å². The van der Waals surface area contributed by atoms with Gasteiger partial charge in [0.25, 0.3) is 5.91 Å². The Morgan fingerprint density at radius 1 is 1.42 bits per heavy atom. The van der Waals surface area contributed by atoms with Gasteiger partial charge in [0.1, 0.15) is 5.82 Å². The van der Waals surface area contributed by atoms with Crippen molar-refractivity contribution in [3.63, 3.8) is 0 Å². The fourth-order valence-corrected chi connectivity index (χ4v) is 4.41. The number of nitrogens with two attached hydrogens (primary N) is 1. The Labute approximate surface area is 182 Å². The highest BCUT2D eigenvalue weighted by molar-refractivity contribution is 6.04. The first-order valence-corrected chi connectivity index (χ1v) is 10.7. The molecule has 1 aromatic carbocycles. The van der Waals surface area contributed by atoms with Crippen LogP contribution in [0.5, 0.6) is 0 Å². The van der Waals surface area contributed by atoms with Crippen molar-refractivity contribution in [3.05, 3.63) is 47.0 Å². The maximum absolute atomic E-state index is 14.3. The molecule has 2 heterocycles. The van der Waals surface area contributed by atoms with E-state index in [1.165, 1.54) is 12.1 Å². The topological polar surface area (TPSA) is 95.0 Å². The minimum atomic E-state index is -0.498. The van der Waals surface area contributed by atoms with Gasteiger partial charge in [0.15, 0.2) is 0 Å². The highest BCUT2D eigenvalue weighted by Crippen LogP contribution is 2.40. The van der Waals surface area contributed by atoms with E-state index in [2.05, 4.69) is 15.2 Å². The van der Waals surface area contributed by atoms with Crippen molar-refractivity contribution in [1.82, 2.24) is 10.3 Å². The molecule has 1 amide bonds. The maximum Gasteiger partial charge on any atom is 0.255 e. The summed E-state index contributed by atoms with van der Waals surface area (Å²) in [5, 5.41) is 12.4. The lowest BCUT2D eigenvalue weighted by Gasteiger charge is -2.28. The molecular formula is C24H28FN5O. The first kappa shape index (κ1) is 21.3. The van der Waals surface area contributed by atoms with Gasteiger partial charge < -0.3 is 16.0 Å². The summed E-state index contributed by atoms with van der Waals surface area (Å²) >= 11 is 0. The number of aromatic nitrogens is 1. The van der Waals surface area contributed by atoms with Crippen molar-refractivity contribution in [3.8, 4) is 17.2 Å². The number of aryl methyl sites for hydroxylation is 1. The van der Waals surface area contributed by atoms with Crippen LogP contribution < -0.4 is 16.0 Å². The van der Waals surface area contributed by atoms with E-state index in [0.717, 1.165) is 19.3 Å². The Bertz CT molecular complexity index is 1070. The number of carbonyl (C=O) groups excluding carboxylic acids is 1. The molecule has 2 aliphatic rings. The van der Waals surface area contributed by atoms with Crippen LogP contribution in [0.15, 0.2) is 24.4 Å². The lowest BCUT2D eigenvalue weighted by molar-refractivity contribution is 0.0936. The molecule has 6 nitrogen and oxygen atoms in total. The van der Waals surface area contributed by atoms with Gasteiger partial charge in [0.05, 0.1) is 22.9 Å². The fourth-order valence-electron chi connectivity index (χ4n) is 4.41. The molecule has 4 rings (SSSR count). The molecule has 1 aromatic heterocycles. The summed E-state index contributed by atoms with van der Waals surface area (Å²) in [6.45, 7) is 7.11. The van der Waals surface area contributed by atoms with Crippen LogP contribution in [0.3, 0.4) is 0 Å². The number of pyridine rings is 1. The average Bonchev–Trinajstić information content (AvgIpc) is 3.50. The average molecular weight is 422 g/mol. The molecule has 2 fully saturated rings. The standard InChI is InChI=1S/C24H28FN5O/c1-14(17-4-5-17)29-23(31)20-12-28-15(2)21(18-8-16(11-26)9-19(25)10-18)22(20)30-7-6-24(3,27)13-30/h8-10,12,14,17H,4-7,13,27H2,1-3H3,(H,29,31)/t14-,24-/m0/s1. The van der Waals surface area contributed by atoms with Crippen LogP contribution in [0.2, 0.25) is 0 Å². The van der Waals surface area contributed by atoms with E-state index in [0.29, 0.717) is 47.1 Å². The van der Waals surface area contributed by atoms with Crippen molar-refractivity contribution in [1.29, 1.82) is 5.26 Å². The normalized spacial score (nSPS) is 21.6. The molecule has 1 aliphatic heterocycles. The number of halogens is 1. The van der Waals surface area contributed by atoms with Crippen LogP contribution >= 0.6 is 0 Å². The number of rotatable bonds is 5. The minimum absolute atomic E-state index is 0.0859. The van der Waals surface area contributed by atoms with Crippen LogP contribution in [-0.2, 0) is 0 Å². The number of nitrogens with one attached hydrogen (secondary N) is 1. The number of hydrogen-bond acceptors (Lipinski definition) is 5. The number of hydrogen-bond donors (Lipinski definition) is 2. The second-order valence-electron chi connectivity index (χ2n) is 9.25. The number of anilines is 1. The molecular weight excluding hydrogens is 393 g/mol. The lowest BCUT2D eigenvalue weighted by atomic mass is 9.96. The van der Waals surface area contributed by atoms with Crippen LogP contribution in [0.25, 0.3) is 11.1 Å². The Kier molecular flexibility index (Phi) is 5.44. The molecule has 2 aromatic rings. The first-order chi connectivity index (χ1) is 14.7. The minimum Gasteiger partial charge on any atom is -0.368 e. The third kappa shape index (κ3) is 4.40. The fraction of sp³-hybridized carbons (Fsp3) is 0.458. The molecule has 7 heteroatoms. The Balaban J connectivity index is 1.86. The predicted octanol–water partition coefficient (Wildman–Crippen LogP) is 3.52. The highest BCUT2D eigenvalue weighted by Gasteiger charge is 2.35. The summed E-state index contributed by atoms with van der Waals surface area (Å²) in [6.07, 6.45) is 4.63. The molecule has 1 saturated carbocycles. The van der Waals surface area contributed by atoms with E-state index in [-0.39, 0.29) is 23.1 Å². The van der Waals surface area contributed by atoms with Gasteiger partial charge in [-0.3, -0.25) is 9.78 Å². The zero-order valence-corrected chi connectivity index (χ0v) is 18.2. The van der Waals surface area contributed by atoms with Gasteiger partial charge >= 0.3 is 0 Å². The quantitative estimate of drug-likeness (QED) is 0.770. The Morgan fingerprint density at radius 3 is 2.77 bits per heavy atom. The van der Waals surface area contributed by atoms with Gasteiger partial charge in [-0.05, 0) is 69.7 Å². The molecule has 0 radical (unpaired) electrons. The monoisotopic (exact) mass is 421 g/mol. The number of nitrogens with zero attached hydrogens (tertiary/aromatic N) is 3. The van der Waals surface area contributed by atoms with Crippen molar-refractivity contribution in [2.75, 3.05) is 18.0 Å². The van der Waals surface area contributed by atoms with Gasteiger partial charge in [-0.15, -0.1) is 0 Å². The van der Waals surface area contributed by atoms with Gasteiger partial charge in [0, 0.05) is 42.1 Å². The predicted molar refractivity (Wildman–Crippen MR) is 118 cm³/mol. The smallest absolute Gasteiger partial charge is 0.255 e. The molecule has 3 N–H and O–H groups in total. The van der Waals surface area contributed by atoms with E-state index in [9.17, 15) is 14.4 Å². The van der Waals surface area contributed by atoms with Gasteiger partial charge in [-0.2, -0.15) is 5.26 Å². The largest absolute Gasteiger partial charge is 0.368 e. The first-order valence-electron chi connectivity index (χ1n) is 10.7. The summed E-state index contributed by atoms with van der Waals surface area (Å²) < 4.78 is 14.3. The second-order valence-corrected chi connectivity index (χ2v) is 9.25. The van der Waals surface area contributed by atoms with Crippen molar-refractivity contribution >= 4 is 11.6 Å². The molecule has 162 valence electrons. The zero-order chi connectivity index (χ0) is 22.3. The van der Waals surface area contributed by atoms with Crippen molar-refractivity contribution in [2.24, 2.45) is 11.7 Å². The maximum atomic E-state index is 14.3. The van der Waals surface area contributed by atoms with Crippen LogP contribution in [0.1, 0.15) is 54.7 Å². The molecule has 0 unspecified atom stereocenters. The molecule has 0 spiro atoms. The molecule has 1 saturated heterocycles. The highest BCUT2D eigenvalue weighted by atomic mass is 19.1. The summed E-state index contributed by atoms with van der Waals surface area (Å²) in [5.41, 5.74) is 9.26. The molecule has 0 bridgehead atoms. The Hall–Kier alpha value is -2.98. The van der Waals surface area contributed by atoms with Gasteiger partial charge in [-0.1, -0.05) is 0 Å². The third-order valence-corrected chi connectivity index (χ3v) is 6.31. The summed E-state index contributed by atoms with van der Waals surface area (Å²) in [4.78, 5) is 19.8. The van der Waals surface area contributed by atoms with E-state index < -0.39 is 5.82 Å². The van der Waals surface area contributed by atoms with Crippen molar-refractivity contribution in [2.45, 2.75) is 51.6 Å².